The number of thioether (sulfide) groups is 1. The third-order valence-electron chi connectivity index (χ3n) is 6.99. The van der Waals surface area contributed by atoms with Crippen LogP contribution in [0, 0.1) is 13.8 Å². The molecule has 1 aliphatic heterocycles. The van der Waals surface area contributed by atoms with E-state index in [1.54, 1.807) is 11.8 Å². The Balaban J connectivity index is 1.50. The van der Waals surface area contributed by atoms with Crippen LogP contribution in [0.15, 0.2) is 54.6 Å². The lowest BCUT2D eigenvalue weighted by Crippen LogP contribution is -2.58. The lowest BCUT2D eigenvalue weighted by Gasteiger charge is -2.33. The van der Waals surface area contributed by atoms with E-state index >= 15 is 0 Å². The summed E-state index contributed by atoms with van der Waals surface area (Å²) in [5.74, 6) is -0.337. The van der Waals surface area contributed by atoms with E-state index in [0.717, 1.165) is 27.3 Å². The molecule has 1 aromatic heterocycles. The number of carbonyl (C=O) groups is 2. The highest BCUT2D eigenvalue weighted by Crippen LogP contribution is 2.40. The van der Waals surface area contributed by atoms with Crippen LogP contribution < -0.4 is 10.6 Å². The number of benzene rings is 2. The molecule has 202 valence electrons. The molecular formula is C28H35N5O3S2. The molecule has 38 heavy (non-hydrogen) atoms. The van der Waals surface area contributed by atoms with E-state index in [0.29, 0.717) is 25.4 Å². The molecule has 3 aromatic rings. The topological polar surface area (TPSA) is 107 Å². The zero-order chi connectivity index (χ0) is 27.3. The quantitative estimate of drug-likeness (QED) is 0.354. The SMILES string of the molecule is Cc1ccccc1CNC(=O)[C@H]1N(C(=O)[C@@H](O)[C@H](Cc2ccccc2)NCc2snnc2C)CSC1(C)C. The summed E-state index contributed by atoms with van der Waals surface area (Å²) in [7, 11) is 0. The average molecular weight is 554 g/mol. The standard InChI is InChI=1S/C28H35N5O3S2/c1-18-10-8-9-13-21(18)15-30-26(35)25-28(3,4)37-17-33(25)27(36)24(34)22(14-20-11-6-5-7-12-20)29-16-23-19(2)31-32-38-23/h5-13,22,24-25,29,34H,14-17H2,1-4H3,(H,30,35)/t22-,24-,25+/m0/s1. The summed E-state index contributed by atoms with van der Waals surface area (Å²) in [5.41, 5.74) is 3.95. The molecule has 2 aromatic carbocycles. The Hall–Kier alpha value is -2.79. The number of hydrogen-bond acceptors (Lipinski definition) is 8. The van der Waals surface area contributed by atoms with Gasteiger partial charge in [0, 0.05) is 23.9 Å². The van der Waals surface area contributed by atoms with Crippen LogP contribution in [0.2, 0.25) is 0 Å². The molecule has 3 atom stereocenters. The van der Waals surface area contributed by atoms with E-state index in [-0.39, 0.29) is 5.91 Å². The molecule has 2 heterocycles. The maximum Gasteiger partial charge on any atom is 0.254 e. The van der Waals surface area contributed by atoms with Gasteiger partial charge in [-0.1, -0.05) is 59.1 Å². The number of carbonyl (C=O) groups excluding carboxylic acids is 2. The average Bonchev–Trinajstić information content (AvgIpc) is 3.46. The van der Waals surface area contributed by atoms with Gasteiger partial charge in [-0.2, -0.15) is 0 Å². The number of rotatable bonds is 10. The highest BCUT2D eigenvalue weighted by molar-refractivity contribution is 8.00. The van der Waals surface area contributed by atoms with E-state index < -0.39 is 28.8 Å². The van der Waals surface area contributed by atoms with Crippen molar-refractivity contribution in [2.24, 2.45) is 0 Å². The molecule has 3 N–H and O–H groups in total. The van der Waals surface area contributed by atoms with Gasteiger partial charge in [0.2, 0.25) is 5.91 Å². The molecule has 0 spiro atoms. The minimum atomic E-state index is -1.34. The van der Waals surface area contributed by atoms with Crippen molar-refractivity contribution in [3.8, 4) is 0 Å². The second-order valence-electron chi connectivity index (χ2n) is 10.1. The number of nitrogens with zero attached hydrogens (tertiary/aromatic N) is 3. The summed E-state index contributed by atoms with van der Waals surface area (Å²) in [6, 6.07) is 16.4. The first-order valence-corrected chi connectivity index (χ1v) is 14.4. The van der Waals surface area contributed by atoms with Crippen LogP contribution in [0.25, 0.3) is 0 Å². The van der Waals surface area contributed by atoms with Gasteiger partial charge < -0.3 is 20.6 Å². The highest BCUT2D eigenvalue weighted by atomic mass is 32.2. The van der Waals surface area contributed by atoms with Gasteiger partial charge in [-0.15, -0.1) is 16.9 Å². The van der Waals surface area contributed by atoms with Crippen LogP contribution >= 0.6 is 23.3 Å². The minimum Gasteiger partial charge on any atom is -0.382 e. The minimum absolute atomic E-state index is 0.220. The summed E-state index contributed by atoms with van der Waals surface area (Å²) >= 11 is 2.84. The Morgan fingerprint density at radius 3 is 2.50 bits per heavy atom. The maximum absolute atomic E-state index is 13.8. The van der Waals surface area contributed by atoms with Crippen LogP contribution in [-0.4, -0.2) is 60.2 Å². The van der Waals surface area contributed by atoms with Crippen LogP contribution in [0.5, 0.6) is 0 Å². The Labute approximate surface area is 232 Å². The third-order valence-corrected chi connectivity index (χ3v) is 9.19. The molecule has 4 rings (SSSR count). The first kappa shape index (κ1) is 28.2. The summed E-state index contributed by atoms with van der Waals surface area (Å²) in [6.07, 6.45) is -0.884. The van der Waals surface area contributed by atoms with Crippen molar-refractivity contribution in [3.63, 3.8) is 0 Å². The van der Waals surface area contributed by atoms with Gasteiger partial charge in [-0.3, -0.25) is 9.59 Å². The zero-order valence-electron chi connectivity index (χ0n) is 22.2. The smallest absolute Gasteiger partial charge is 0.254 e. The molecule has 0 radical (unpaired) electrons. The first-order chi connectivity index (χ1) is 18.2. The third kappa shape index (κ3) is 6.61. The molecular weight excluding hydrogens is 518 g/mol. The predicted molar refractivity (Wildman–Crippen MR) is 152 cm³/mol. The van der Waals surface area contributed by atoms with Gasteiger partial charge >= 0.3 is 0 Å². The number of aryl methyl sites for hydroxylation is 2. The summed E-state index contributed by atoms with van der Waals surface area (Å²) in [5, 5.41) is 21.8. The molecule has 8 nitrogen and oxygen atoms in total. The van der Waals surface area contributed by atoms with Crippen LogP contribution in [-0.2, 0) is 29.1 Å². The maximum atomic E-state index is 13.8. The van der Waals surface area contributed by atoms with Gasteiger partial charge in [0.1, 0.15) is 12.1 Å². The van der Waals surface area contributed by atoms with Crippen molar-refractivity contribution in [2.45, 2.75) is 70.1 Å². The van der Waals surface area contributed by atoms with E-state index in [1.165, 1.54) is 16.4 Å². The molecule has 1 aliphatic rings. The van der Waals surface area contributed by atoms with Gasteiger partial charge in [0.05, 0.1) is 16.4 Å². The normalized spacial score (nSPS) is 18.2. The summed E-state index contributed by atoms with van der Waals surface area (Å²) in [4.78, 5) is 29.7. The number of hydrogen-bond donors (Lipinski definition) is 3. The number of aliphatic hydroxyl groups is 1. The molecule has 0 bridgehead atoms. The Morgan fingerprint density at radius 1 is 1.11 bits per heavy atom. The Morgan fingerprint density at radius 2 is 1.82 bits per heavy atom. The lowest BCUT2D eigenvalue weighted by atomic mass is 9.97. The number of amides is 2. The molecule has 1 fully saturated rings. The van der Waals surface area contributed by atoms with E-state index in [2.05, 4.69) is 20.2 Å². The monoisotopic (exact) mass is 553 g/mol. The lowest BCUT2D eigenvalue weighted by molar-refractivity contribution is -0.147. The highest BCUT2D eigenvalue weighted by Gasteiger charge is 2.49. The fraction of sp³-hybridized carbons (Fsp3) is 0.429. The molecule has 0 saturated carbocycles. The fourth-order valence-electron chi connectivity index (χ4n) is 4.64. The van der Waals surface area contributed by atoms with E-state index in [4.69, 9.17) is 0 Å². The molecule has 0 unspecified atom stereocenters. The van der Waals surface area contributed by atoms with Crippen molar-refractivity contribution in [1.82, 2.24) is 25.1 Å². The second kappa shape index (κ2) is 12.4. The summed E-state index contributed by atoms with van der Waals surface area (Å²) in [6.45, 7) is 8.65. The van der Waals surface area contributed by atoms with Gasteiger partial charge in [0.25, 0.3) is 5.91 Å². The number of aromatic nitrogens is 2. The van der Waals surface area contributed by atoms with Gasteiger partial charge in [-0.05, 0) is 62.3 Å². The van der Waals surface area contributed by atoms with Crippen molar-refractivity contribution < 1.29 is 14.7 Å². The van der Waals surface area contributed by atoms with Gasteiger partial charge in [0.15, 0.2) is 0 Å². The van der Waals surface area contributed by atoms with E-state index in [9.17, 15) is 14.7 Å². The number of nitrogens with one attached hydrogen (secondary N) is 2. The number of aliphatic hydroxyl groups excluding tert-OH is 1. The molecule has 10 heteroatoms. The van der Waals surface area contributed by atoms with Crippen molar-refractivity contribution in [1.29, 1.82) is 0 Å². The van der Waals surface area contributed by atoms with Crippen molar-refractivity contribution in [2.75, 3.05) is 5.88 Å². The van der Waals surface area contributed by atoms with Gasteiger partial charge in [-0.25, -0.2) is 0 Å². The largest absolute Gasteiger partial charge is 0.382 e. The molecule has 2 amide bonds. The molecule has 0 aliphatic carbocycles. The Kier molecular flexibility index (Phi) is 9.19. The second-order valence-corrected chi connectivity index (χ2v) is 12.6. The van der Waals surface area contributed by atoms with Crippen molar-refractivity contribution >= 4 is 35.1 Å². The van der Waals surface area contributed by atoms with Crippen molar-refractivity contribution in [3.05, 3.63) is 81.9 Å². The zero-order valence-corrected chi connectivity index (χ0v) is 23.8. The Bertz CT molecular complexity index is 1250. The van der Waals surface area contributed by atoms with Crippen LogP contribution in [0.1, 0.15) is 41.1 Å². The first-order valence-electron chi connectivity index (χ1n) is 12.7. The predicted octanol–water partition coefficient (Wildman–Crippen LogP) is 3.21. The van der Waals surface area contributed by atoms with Crippen LogP contribution in [0.3, 0.4) is 0 Å². The summed E-state index contributed by atoms with van der Waals surface area (Å²) < 4.78 is 3.48. The fourth-order valence-corrected chi connectivity index (χ4v) is 6.37. The van der Waals surface area contributed by atoms with Crippen LogP contribution in [0.4, 0.5) is 0 Å². The van der Waals surface area contributed by atoms with E-state index in [1.807, 2.05) is 82.3 Å². The molecule has 1 saturated heterocycles.